The molecule has 1 aliphatic rings. The molecular formula is C14H18N4O. The second-order valence-corrected chi connectivity index (χ2v) is 4.92. The van der Waals surface area contributed by atoms with E-state index in [0.29, 0.717) is 5.92 Å². The van der Waals surface area contributed by atoms with Crippen molar-refractivity contribution in [2.75, 3.05) is 37.0 Å². The minimum Gasteiger partial charge on any atom is -0.396 e. The van der Waals surface area contributed by atoms with Crippen LogP contribution in [-0.4, -0.2) is 41.8 Å². The second kappa shape index (κ2) is 5.01. The minimum absolute atomic E-state index is 0.242. The molecule has 0 spiro atoms. The lowest BCUT2D eigenvalue weighted by Gasteiger charge is -2.20. The molecule has 1 atom stereocenters. The smallest absolute Gasteiger partial charge is 0.172 e. The van der Waals surface area contributed by atoms with Crippen molar-refractivity contribution in [3.05, 3.63) is 24.3 Å². The molecule has 5 nitrogen and oxygen atoms in total. The highest BCUT2D eigenvalue weighted by atomic mass is 16.3. The third-order valence-corrected chi connectivity index (χ3v) is 3.63. The van der Waals surface area contributed by atoms with Crippen LogP contribution < -0.4 is 10.2 Å². The van der Waals surface area contributed by atoms with Gasteiger partial charge in [0.1, 0.15) is 0 Å². The number of hydrogen-bond donors (Lipinski definition) is 2. The van der Waals surface area contributed by atoms with Gasteiger partial charge in [0.05, 0.1) is 11.0 Å². The second-order valence-electron chi connectivity index (χ2n) is 4.92. The molecule has 2 aromatic rings. The number of para-hydroxylation sites is 2. The zero-order valence-corrected chi connectivity index (χ0v) is 11.0. The van der Waals surface area contributed by atoms with Crippen LogP contribution in [0.25, 0.3) is 11.0 Å². The lowest BCUT2D eigenvalue weighted by molar-refractivity contribution is 0.238. The summed E-state index contributed by atoms with van der Waals surface area (Å²) in [5.41, 5.74) is 1.80. The van der Waals surface area contributed by atoms with Crippen LogP contribution in [0.1, 0.15) is 6.42 Å². The number of hydrogen-bond acceptors (Lipinski definition) is 5. The number of benzene rings is 1. The highest BCUT2D eigenvalue weighted by Gasteiger charge is 2.25. The summed E-state index contributed by atoms with van der Waals surface area (Å²) >= 11 is 0. The first-order chi connectivity index (χ1) is 9.31. The quantitative estimate of drug-likeness (QED) is 0.873. The number of aliphatic hydroxyl groups is 1. The normalized spacial score (nSPS) is 19.1. The molecule has 100 valence electrons. The molecule has 0 amide bonds. The lowest BCUT2D eigenvalue weighted by Crippen LogP contribution is -2.23. The van der Waals surface area contributed by atoms with Crippen molar-refractivity contribution in [2.24, 2.45) is 5.92 Å². The van der Waals surface area contributed by atoms with Crippen molar-refractivity contribution >= 4 is 22.7 Å². The van der Waals surface area contributed by atoms with Crippen molar-refractivity contribution in [3.8, 4) is 0 Å². The van der Waals surface area contributed by atoms with Crippen LogP contribution in [0.5, 0.6) is 0 Å². The Labute approximate surface area is 112 Å². The Morgan fingerprint density at radius 2 is 2.05 bits per heavy atom. The number of aliphatic hydroxyl groups excluding tert-OH is 1. The SMILES string of the molecule is CNc1nc2ccccc2nc1N1CC[C@@H](CO)C1. The summed E-state index contributed by atoms with van der Waals surface area (Å²) < 4.78 is 0. The van der Waals surface area contributed by atoms with Crippen LogP contribution in [0, 0.1) is 5.92 Å². The topological polar surface area (TPSA) is 61.3 Å². The fraction of sp³-hybridized carbons (Fsp3) is 0.429. The van der Waals surface area contributed by atoms with Gasteiger partial charge in [0.25, 0.3) is 0 Å². The third-order valence-electron chi connectivity index (χ3n) is 3.63. The van der Waals surface area contributed by atoms with E-state index in [2.05, 4.69) is 15.2 Å². The maximum atomic E-state index is 9.25. The van der Waals surface area contributed by atoms with Gasteiger partial charge in [-0.3, -0.25) is 0 Å². The fourth-order valence-electron chi connectivity index (χ4n) is 2.55. The van der Waals surface area contributed by atoms with Gasteiger partial charge in [0.15, 0.2) is 11.6 Å². The van der Waals surface area contributed by atoms with E-state index in [-0.39, 0.29) is 6.61 Å². The molecule has 0 radical (unpaired) electrons. The summed E-state index contributed by atoms with van der Waals surface area (Å²) in [6.45, 7) is 2.01. The first-order valence-corrected chi connectivity index (χ1v) is 6.62. The standard InChI is InChI=1S/C14H18N4O/c1-15-13-14(18-7-6-10(8-18)9-19)17-12-5-3-2-4-11(12)16-13/h2-5,10,19H,6-9H2,1H3,(H,15,16)/t10-/m1/s1. The molecule has 2 heterocycles. The maximum Gasteiger partial charge on any atom is 0.172 e. The Balaban J connectivity index is 2.02. The van der Waals surface area contributed by atoms with Crippen LogP contribution in [0.3, 0.4) is 0 Å². The molecular weight excluding hydrogens is 240 g/mol. The summed E-state index contributed by atoms with van der Waals surface area (Å²) in [7, 11) is 1.86. The Morgan fingerprint density at radius 3 is 2.68 bits per heavy atom. The molecule has 19 heavy (non-hydrogen) atoms. The molecule has 1 fully saturated rings. The molecule has 0 unspecified atom stereocenters. The van der Waals surface area contributed by atoms with Crippen molar-refractivity contribution in [3.63, 3.8) is 0 Å². The number of fused-ring (bicyclic) bond motifs is 1. The molecule has 3 rings (SSSR count). The minimum atomic E-state index is 0.242. The van der Waals surface area contributed by atoms with Gasteiger partial charge < -0.3 is 15.3 Å². The largest absolute Gasteiger partial charge is 0.396 e. The predicted molar refractivity (Wildman–Crippen MR) is 76.5 cm³/mol. The van der Waals surface area contributed by atoms with Gasteiger partial charge in [-0.25, -0.2) is 9.97 Å². The van der Waals surface area contributed by atoms with E-state index in [1.165, 1.54) is 0 Å². The Hall–Kier alpha value is -1.88. The first kappa shape index (κ1) is 12.2. The molecule has 1 aliphatic heterocycles. The van der Waals surface area contributed by atoms with Crippen LogP contribution >= 0.6 is 0 Å². The Bertz CT molecular complexity index is 587. The first-order valence-electron chi connectivity index (χ1n) is 6.62. The van der Waals surface area contributed by atoms with Gasteiger partial charge >= 0.3 is 0 Å². The predicted octanol–water partition coefficient (Wildman–Crippen LogP) is 1.49. The van der Waals surface area contributed by atoms with Gasteiger partial charge in [0, 0.05) is 32.7 Å². The van der Waals surface area contributed by atoms with E-state index in [9.17, 15) is 5.11 Å². The number of anilines is 2. The summed E-state index contributed by atoms with van der Waals surface area (Å²) in [4.78, 5) is 11.5. The number of rotatable bonds is 3. The zero-order valence-electron chi connectivity index (χ0n) is 11.0. The number of nitrogens with one attached hydrogen (secondary N) is 1. The van der Waals surface area contributed by atoms with Gasteiger partial charge in [0.2, 0.25) is 0 Å². The number of nitrogens with zero attached hydrogens (tertiary/aromatic N) is 3. The Morgan fingerprint density at radius 1 is 1.32 bits per heavy atom. The lowest BCUT2D eigenvalue weighted by atomic mass is 10.1. The average Bonchev–Trinajstić information content (AvgIpc) is 2.94. The molecule has 1 aromatic carbocycles. The molecule has 1 aromatic heterocycles. The van der Waals surface area contributed by atoms with Crippen LogP contribution in [0.4, 0.5) is 11.6 Å². The van der Waals surface area contributed by atoms with Crippen molar-refractivity contribution in [1.29, 1.82) is 0 Å². The van der Waals surface area contributed by atoms with Crippen molar-refractivity contribution in [2.45, 2.75) is 6.42 Å². The van der Waals surface area contributed by atoms with Gasteiger partial charge in [-0.05, 0) is 18.6 Å². The summed E-state index contributed by atoms with van der Waals surface area (Å²) in [6, 6.07) is 7.88. The average molecular weight is 258 g/mol. The molecule has 1 saturated heterocycles. The van der Waals surface area contributed by atoms with Crippen LogP contribution in [0.2, 0.25) is 0 Å². The Kier molecular flexibility index (Phi) is 3.21. The summed E-state index contributed by atoms with van der Waals surface area (Å²) in [5, 5.41) is 12.4. The maximum absolute atomic E-state index is 9.25. The van der Waals surface area contributed by atoms with E-state index in [1.807, 2.05) is 31.3 Å². The molecule has 0 bridgehead atoms. The van der Waals surface area contributed by atoms with Gasteiger partial charge in [-0.1, -0.05) is 12.1 Å². The monoisotopic (exact) mass is 258 g/mol. The van der Waals surface area contributed by atoms with Gasteiger partial charge in [-0.15, -0.1) is 0 Å². The zero-order chi connectivity index (χ0) is 13.2. The third kappa shape index (κ3) is 2.21. The van der Waals surface area contributed by atoms with E-state index in [4.69, 9.17) is 4.98 Å². The van der Waals surface area contributed by atoms with E-state index in [1.54, 1.807) is 0 Å². The fourth-order valence-corrected chi connectivity index (χ4v) is 2.55. The molecule has 5 heteroatoms. The number of aromatic nitrogens is 2. The summed E-state index contributed by atoms with van der Waals surface area (Å²) in [5.74, 6) is 2.03. The molecule has 0 saturated carbocycles. The van der Waals surface area contributed by atoms with Crippen molar-refractivity contribution in [1.82, 2.24) is 9.97 Å². The molecule has 2 N–H and O–H groups in total. The molecule has 0 aliphatic carbocycles. The van der Waals surface area contributed by atoms with Gasteiger partial charge in [-0.2, -0.15) is 0 Å². The highest BCUT2D eigenvalue weighted by molar-refractivity contribution is 5.80. The summed E-state index contributed by atoms with van der Waals surface area (Å²) in [6.07, 6.45) is 1.01. The van der Waals surface area contributed by atoms with E-state index >= 15 is 0 Å². The van der Waals surface area contributed by atoms with E-state index < -0.39 is 0 Å². The van der Waals surface area contributed by atoms with Crippen LogP contribution in [0.15, 0.2) is 24.3 Å². The van der Waals surface area contributed by atoms with Crippen LogP contribution in [-0.2, 0) is 0 Å². The highest BCUT2D eigenvalue weighted by Crippen LogP contribution is 2.29. The van der Waals surface area contributed by atoms with E-state index in [0.717, 1.165) is 42.2 Å². The van der Waals surface area contributed by atoms with Crippen molar-refractivity contribution < 1.29 is 5.11 Å².